The Labute approximate surface area is 67.1 Å². The first-order chi connectivity index (χ1) is 5.81. The van der Waals surface area contributed by atoms with Crippen molar-refractivity contribution in [3.63, 3.8) is 0 Å². The second-order valence-corrected chi connectivity index (χ2v) is 2.33. The van der Waals surface area contributed by atoms with Crippen LogP contribution in [0.5, 0.6) is 5.75 Å². The van der Waals surface area contributed by atoms with Gasteiger partial charge in [0.25, 0.3) is 5.52 Å². The maximum absolute atomic E-state index is 10.9. The molecule has 0 saturated carbocycles. The number of H-pyrrole nitrogens is 1. The standard InChI is InChI=1S/C7H7N2O3/c1-11-5-2-3-6-7(4-5)9(10)12-8-6/h2-4,8H,1H3/q+1. The molecular weight excluding hydrogens is 160 g/mol. The highest BCUT2D eigenvalue weighted by Gasteiger charge is 2.10. The van der Waals surface area contributed by atoms with Crippen LogP contribution >= 0.6 is 0 Å². The van der Waals surface area contributed by atoms with Crippen LogP contribution in [0, 0.1) is 4.91 Å². The summed E-state index contributed by atoms with van der Waals surface area (Å²) in [7, 11) is 1.54. The summed E-state index contributed by atoms with van der Waals surface area (Å²) in [4.78, 5) is 10.9. The molecule has 2 rings (SSSR count). The Balaban J connectivity index is 2.80. The van der Waals surface area contributed by atoms with Gasteiger partial charge in [-0.15, -0.1) is 0 Å². The van der Waals surface area contributed by atoms with Gasteiger partial charge in [-0.1, -0.05) is 9.79 Å². The summed E-state index contributed by atoms with van der Waals surface area (Å²) in [5, 5.41) is 2.46. The first-order valence-electron chi connectivity index (χ1n) is 3.39. The molecule has 0 fully saturated rings. The van der Waals surface area contributed by atoms with Gasteiger partial charge < -0.3 is 4.74 Å². The van der Waals surface area contributed by atoms with E-state index >= 15 is 0 Å². The molecule has 2 aromatic rings. The van der Waals surface area contributed by atoms with Crippen LogP contribution in [0.2, 0.25) is 0 Å². The number of methoxy groups -OCH3 is 1. The minimum absolute atomic E-state index is 0.401. The molecule has 12 heavy (non-hydrogen) atoms. The summed E-state index contributed by atoms with van der Waals surface area (Å²) < 4.78 is 9.83. The number of ether oxygens (including phenoxy) is 1. The van der Waals surface area contributed by atoms with Crippen molar-refractivity contribution in [2.45, 2.75) is 0 Å². The van der Waals surface area contributed by atoms with Gasteiger partial charge in [-0.05, 0) is 17.0 Å². The molecular formula is C7H7N2O3+. The highest BCUT2D eigenvalue weighted by molar-refractivity contribution is 5.71. The number of aromatic amines is 1. The minimum Gasteiger partial charge on any atom is -0.497 e. The lowest BCUT2D eigenvalue weighted by atomic mass is 10.3. The number of hydrogen-bond acceptors (Lipinski definition) is 3. The van der Waals surface area contributed by atoms with Crippen molar-refractivity contribution in [2.24, 2.45) is 0 Å². The average molecular weight is 167 g/mol. The fraction of sp³-hybridized carbons (Fsp3) is 0.143. The third kappa shape index (κ3) is 0.868. The van der Waals surface area contributed by atoms with Gasteiger partial charge in [0.1, 0.15) is 5.75 Å². The number of aromatic nitrogens is 2. The van der Waals surface area contributed by atoms with Crippen molar-refractivity contribution < 1.29 is 14.0 Å². The van der Waals surface area contributed by atoms with Crippen molar-refractivity contribution in [3.8, 4) is 5.75 Å². The molecule has 0 spiro atoms. The SMILES string of the molecule is COc1ccc2[nH]o[n+](=O)c2c1. The molecule has 1 aromatic heterocycles. The van der Waals surface area contributed by atoms with Gasteiger partial charge >= 0.3 is 0 Å². The van der Waals surface area contributed by atoms with E-state index in [1.165, 1.54) is 0 Å². The minimum atomic E-state index is 0.401. The maximum atomic E-state index is 10.9. The van der Waals surface area contributed by atoms with E-state index in [0.29, 0.717) is 21.4 Å². The van der Waals surface area contributed by atoms with Crippen molar-refractivity contribution in [3.05, 3.63) is 23.1 Å². The van der Waals surface area contributed by atoms with Crippen molar-refractivity contribution >= 4 is 11.0 Å². The third-order valence-electron chi connectivity index (χ3n) is 1.64. The lowest BCUT2D eigenvalue weighted by molar-refractivity contribution is -0.692. The number of fused-ring (bicyclic) bond motifs is 1. The average Bonchev–Trinajstić information content (AvgIpc) is 2.47. The molecule has 0 aliphatic rings. The van der Waals surface area contributed by atoms with Crippen LogP contribution in [0.3, 0.4) is 0 Å². The second kappa shape index (κ2) is 2.37. The summed E-state index contributed by atoms with van der Waals surface area (Å²) in [5.41, 5.74) is 1.07. The first kappa shape index (κ1) is 6.90. The molecule has 1 N–H and O–H groups in total. The molecule has 0 atom stereocenters. The summed E-state index contributed by atoms with van der Waals surface area (Å²) >= 11 is 0. The third-order valence-corrected chi connectivity index (χ3v) is 1.64. The molecule has 0 bridgehead atoms. The van der Waals surface area contributed by atoms with E-state index in [1.807, 2.05) is 0 Å². The summed E-state index contributed by atoms with van der Waals surface area (Å²) in [6.07, 6.45) is 0. The Morgan fingerprint density at radius 2 is 2.42 bits per heavy atom. The zero-order valence-corrected chi connectivity index (χ0v) is 6.40. The fourth-order valence-corrected chi connectivity index (χ4v) is 1.02. The van der Waals surface area contributed by atoms with Crippen molar-refractivity contribution in [1.29, 1.82) is 0 Å². The summed E-state index contributed by atoms with van der Waals surface area (Å²) in [5.74, 6) is 0.627. The van der Waals surface area contributed by atoms with Crippen LogP contribution in [0.4, 0.5) is 0 Å². The van der Waals surface area contributed by atoms with E-state index in [2.05, 4.69) is 9.79 Å². The fourth-order valence-electron chi connectivity index (χ4n) is 1.02. The molecule has 0 radical (unpaired) electrons. The van der Waals surface area contributed by atoms with E-state index in [9.17, 15) is 4.91 Å². The van der Waals surface area contributed by atoms with E-state index in [1.54, 1.807) is 25.3 Å². The number of rotatable bonds is 1. The number of benzene rings is 1. The molecule has 1 aromatic carbocycles. The van der Waals surface area contributed by atoms with Gasteiger partial charge in [-0.3, -0.25) is 0 Å². The second-order valence-electron chi connectivity index (χ2n) is 2.33. The Morgan fingerprint density at radius 1 is 1.58 bits per heavy atom. The van der Waals surface area contributed by atoms with E-state index in [-0.39, 0.29) is 0 Å². The van der Waals surface area contributed by atoms with Gasteiger partial charge in [0.15, 0.2) is 4.60 Å². The molecule has 1 heterocycles. The van der Waals surface area contributed by atoms with Gasteiger partial charge in [0, 0.05) is 6.07 Å². The van der Waals surface area contributed by atoms with E-state index < -0.39 is 0 Å². The van der Waals surface area contributed by atoms with Gasteiger partial charge in [-0.25, -0.2) is 0 Å². The molecule has 62 valence electrons. The van der Waals surface area contributed by atoms with Crippen LogP contribution < -0.4 is 9.34 Å². The Bertz CT molecular complexity index is 457. The maximum Gasteiger partial charge on any atom is 0.275 e. The van der Waals surface area contributed by atoms with Gasteiger partial charge in [0.2, 0.25) is 5.52 Å². The highest BCUT2D eigenvalue weighted by atomic mass is 16.7. The van der Waals surface area contributed by atoms with Crippen molar-refractivity contribution in [1.82, 2.24) is 5.16 Å². The molecule has 0 aliphatic heterocycles. The largest absolute Gasteiger partial charge is 0.497 e. The molecule has 5 heteroatoms. The first-order valence-corrected chi connectivity index (χ1v) is 3.39. The topological polar surface area (TPSA) is 61.1 Å². The number of nitrogens with one attached hydrogen (secondary N) is 1. The Morgan fingerprint density at radius 3 is 3.17 bits per heavy atom. The summed E-state index contributed by atoms with van der Waals surface area (Å²) in [6, 6.07) is 5.06. The molecule has 0 saturated heterocycles. The Hall–Kier alpha value is -1.78. The van der Waals surface area contributed by atoms with Crippen LogP contribution in [-0.2, 0) is 0 Å². The molecule has 0 amide bonds. The zero-order chi connectivity index (χ0) is 8.55. The smallest absolute Gasteiger partial charge is 0.275 e. The monoisotopic (exact) mass is 167 g/mol. The number of nitrogens with zero attached hydrogens (tertiary/aromatic N) is 1. The lowest BCUT2D eigenvalue weighted by Crippen LogP contribution is -2.08. The zero-order valence-electron chi connectivity index (χ0n) is 6.40. The number of hydrogen-bond donors (Lipinski definition) is 1. The normalized spacial score (nSPS) is 10.4. The predicted molar refractivity (Wildman–Crippen MR) is 40.5 cm³/mol. The summed E-state index contributed by atoms with van der Waals surface area (Å²) in [6.45, 7) is 0. The van der Waals surface area contributed by atoms with Crippen LogP contribution in [0.15, 0.2) is 22.8 Å². The van der Waals surface area contributed by atoms with E-state index in [0.717, 1.165) is 0 Å². The lowest BCUT2D eigenvalue weighted by Gasteiger charge is -1.93. The molecule has 0 unspecified atom stereocenters. The van der Waals surface area contributed by atoms with Crippen LogP contribution in [-0.4, -0.2) is 12.3 Å². The molecule has 5 nitrogen and oxygen atoms in total. The highest BCUT2D eigenvalue weighted by Crippen LogP contribution is 2.15. The molecule has 0 aliphatic carbocycles. The van der Waals surface area contributed by atoms with Gasteiger partial charge in [0.05, 0.1) is 7.11 Å². The van der Waals surface area contributed by atoms with Gasteiger partial charge in [-0.2, -0.15) is 0 Å². The van der Waals surface area contributed by atoms with Crippen LogP contribution in [0.25, 0.3) is 11.0 Å². The van der Waals surface area contributed by atoms with Crippen molar-refractivity contribution in [2.75, 3.05) is 7.11 Å². The quantitative estimate of drug-likeness (QED) is 0.679. The van der Waals surface area contributed by atoms with E-state index in [4.69, 9.17) is 4.74 Å². The predicted octanol–water partition coefficient (Wildman–Crippen LogP) is 0.684. The Kier molecular flexibility index (Phi) is 1.36. The van der Waals surface area contributed by atoms with Crippen LogP contribution in [0.1, 0.15) is 0 Å².